The van der Waals surface area contributed by atoms with Crippen LogP contribution in [0.2, 0.25) is 0 Å². The van der Waals surface area contributed by atoms with Crippen LogP contribution in [0.5, 0.6) is 0 Å². The van der Waals surface area contributed by atoms with Crippen molar-refractivity contribution in [1.82, 2.24) is 29.9 Å². The van der Waals surface area contributed by atoms with Crippen LogP contribution in [0.1, 0.15) is 24.0 Å². The van der Waals surface area contributed by atoms with Crippen LogP contribution >= 0.6 is 0 Å². The van der Waals surface area contributed by atoms with Gasteiger partial charge in [0.25, 0.3) is 0 Å². The molecule has 2 atom stereocenters. The van der Waals surface area contributed by atoms with Gasteiger partial charge >= 0.3 is 0 Å². The van der Waals surface area contributed by atoms with Gasteiger partial charge in [0.15, 0.2) is 5.82 Å². The predicted octanol–water partition coefficient (Wildman–Crippen LogP) is 1.21. The lowest BCUT2D eigenvalue weighted by Crippen LogP contribution is -2.38. The van der Waals surface area contributed by atoms with E-state index in [1.165, 1.54) is 0 Å². The molecule has 23 heavy (non-hydrogen) atoms. The maximum absolute atomic E-state index is 13.9. The van der Waals surface area contributed by atoms with Crippen molar-refractivity contribution in [3.8, 4) is 0 Å². The first-order valence-electron chi connectivity index (χ1n) is 7.72. The fraction of sp³-hybridized carbons (Fsp3) is 0.600. The van der Waals surface area contributed by atoms with Crippen molar-refractivity contribution >= 4 is 0 Å². The van der Waals surface area contributed by atoms with E-state index >= 15 is 0 Å². The smallest absolute Gasteiger partial charge is 0.240 e. The number of nitrogens with zero attached hydrogens (tertiary/aromatic N) is 6. The van der Waals surface area contributed by atoms with E-state index in [9.17, 15) is 4.39 Å². The van der Waals surface area contributed by atoms with Gasteiger partial charge in [-0.1, -0.05) is 5.16 Å². The molecule has 0 aliphatic carbocycles. The average molecular weight is 320 g/mol. The van der Waals surface area contributed by atoms with Gasteiger partial charge in [-0.15, -0.1) is 0 Å². The number of hydrogen-bond acceptors (Lipinski definition) is 7. The first kappa shape index (κ1) is 15.9. The summed E-state index contributed by atoms with van der Waals surface area (Å²) in [6.07, 6.45) is 3.15. The van der Waals surface area contributed by atoms with Crippen LogP contribution in [0.15, 0.2) is 23.0 Å². The van der Waals surface area contributed by atoms with Crippen LogP contribution in [0.25, 0.3) is 0 Å². The highest BCUT2D eigenvalue weighted by molar-refractivity contribution is 4.94. The molecule has 0 amide bonds. The number of rotatable bonds is 6. The van der Waals surface area contributed by atoms with E-state index in [0.29, 0.717) is 37.8 Å². The van der Waals surface area contributed by atoms with Crippen LogP contribution < -0.4 is 0 Å². The van der Waals surface area contributed by atoms with Crippen LogP contribution in [0.4, 0.5) is 4.39 Å². The Balaban J connectivity index is 1.58. The van der Waals surface area contributed by atoms with Gasteiger partial charge in [0.05, 0.1) is 13.1 Å². The van der Waals surface area contributed by atoms with Gasteiger partial charge in [-0.05, 0) is 26.5 Å². The van der Waals surface area contributed by atoms with E-state index in [2.05, 4.69) is 29.9 Å². The molecule has 1 aliphatic rings. The van der Waals surface area contributed by atoms with Gasteiger partial charge in [0.2, 0.25) is 5.89 Å². The Morgan fingerprint density at radius 3 is 2.87 bits per heavy atom. The Morgan fingerprint density at radius 1 is 1.39 bits per heavy atom. The molecular formula is C15H21FN6O. The molecule has 7 nitrogen and oxygen atoms in total. The van der Waals surface area contributed by atoms with Crippen molar-refractivity contribution < 1.29 is 8.91 Å². The summed E-state index contributed by atoms with van der Waals surface area (Å²) >= 11 is 0. The zero-order chi connectivity index (χ0) is 16.2. The van der Waals surface area contributed by atoms with Gasteiger partial charge in [0, 0.05) is 31.5 Å². The van der Waals surface area contributed by atoms with Crippen molar-refractivity contribution in [3.05, 3.63) is 36.0 Å². The van der Waals surface area contributed by atoms with Crippen molar-refractivity contribution in [1.29, 1.82) is 0 Å². The summed E-state index contributed by atoms with van der Waals surface area (Å²) in [5.74, 6) is 1.93. The average Bonchev–Trinajstić information content (AvgIpc) is 3.06. The van der Waals surface area contributed by atoms with Crippen LogP contribution in [-0.4, -0.2) is 62.3 Å². The summed E-state index contributed by atoms with van der Waals surface area (Å²) in [7, 11) is 1.97. The van der Waals surface area contributed by atoms with Crippen molar-refractivity contribution in [2.45, 2.75) is 38.6 Å². The third-order valence-corrected chi connectivity index (χ3v) is 3.94. The second-order valence-electron chi connectivity index (χ2n) is 6.01. The van der Waals surface area contributed by atoms with E-state index in [1.807, 2.05) is 7.05 Å². The quantitative estimate of drug-likeness (QED) is 0.792. The van der Waals surface area contributed by atoms with Gasteiger partial charge < -0.3 is 4.52 Å². The van der Waals surface area contributed by atoms with E-state index in [-0.39, 0.29) is 6.04 Å². The lowest BCUT2D eigenvalue weighted by molar-refractivity contribution is 0.167. The van der Waals surface area contributed by atoms with E-state index < -0.39 is 6.17 Å². The van der Waals surface area contributed by atoms with Crippen LogP contribution in [-0.2, 0) is 13.1 Å². The number of likely N-dealkylation sites (tertiary alicyclic amines) is 1. The summed E-state index contributed by atoms with van der Waals surface area (Å²) in [5, 5.41) is 3.78. The van der Waals surface area contributed by atoms with Gasteiger partial charge in [-0.2, -0.15) is 4.98 Å². The number of halogens is 1. The highest BCUT2D eigenvalue weighted by Gasteiger charge is 2.33. The SMILES string of the molecule is Cc1noc(CN(C)C[C@@H]2C[C@H](F)CN2Cc2ncccn2)n1. The summed E-state index contributed by atoms with van der Waals surface area (Å²) in [6.45, 7) is 4.08. The minimum Gasteiger partial charge on any atom is -0.338 e. The number of hydrogen-bond donors (Lipinski definition) is 0. The van der Waals surface area contributed by atoms with Gasteiger partial charge in [-0.25, -0.2) is 14.4 Å². The Kier molecular flexibility index (Phi) is 4.92. The molecule has 8 heteroatoms. The first-order valence-corrected chi connectivity index (χ1v) is 7.72. The molecule has 0 N–H and O–H groups in total. The summed E-state index contributed by atoms with van der Waals surface area (Å²) in [4.78, 5) is 16.8. The minimum atomic E-state index is -0.803. The lowest BCUT2D eigenvalue weighted by atomic mass is 10.2. The molecule has 0 radical (unpaired) electrons. The Bertz CT molecular complexity index is 621. The summed E-state index contributed by atoms with van der Waals surface area (Å²) in [5.41, 5.74) is 0. The second kappa shape index (κ2) is 7.10. The molecule has 0 aromatic carbocycles. The lowest BCUT2D eigenvalue weighted by Gasteiger charge is -2.27. The van der Waals surface area contributed by atoms with Crippen LogP contribution in [0, 0.1) is 6.92 Å². The highest BCUT2D eigenvalue weighted by Crippen LogP contribution is 2.22. The highest BCUT2D eigenvalue weighted by atomic mass is 19.1. The molecule has 1 saturated heterocycles. The molecule has 1 aliphatic heterocycles. The molecular weight excluding hydrogens is 299 g/mol. The van der Waals surface area contributed by atoms with Crippen molar-refractivity contribution in [2.24, 2.45) is 0 Å². The third-order valence-electron chi connectivity index (χ3n) is 3.94. The molecule has 2 aromatic heterocycles. The molecule has 0 saturated carbocycles. The topological polar surface area (TPSA) is 71.2 Å². The van der Waals surface area contributed by atoms with Crippen molar-refractivity contribution in [3.63, 3.8) is 0 Å². The Hall–Kier alpha value is -1.93. The molecule has 3 rings (SSSR count). The van der Waals surface area contributed by atoms with Gasteiger partial charge in [0.1, 0.15) is 12.0 Å². The normalized spacial score (nSPS) is 22.1. The fourth-order valence-electron chi connectivity index (χ4n) is 2.96. The zero-order valence-electron chi connectivity index (χ0n) is 13.4. The van der Waals surface area contributed by atoms with Crippen molar-refractivity contribution in [2.75, 3.05) is 20.1 Å². The molecule has 0 spiro atoms. The third kappa shape index (κ3) is 4.29. The maximum atomic E-state index is 13.9. The van der Waals surface area contributed by atoms with E-state index in [1.54, 1.807) is 25.4 Å². The summed E-state index contributed by atoms with van der Waals surface area (Å²) in [6, 6.07) is 1.91. The Labute approximate surface area is 134 Å². The predicted molar refractivity (Wildman–Crippen MR) is 81.1 cm³/mol. The number of aromatic nitrogens is 4. The fourth-order valence-corrected chi connectivity index (χ4v) is 2.96. The molecule has 0 unspecified atom stereocenters. The van der Waals surface area contributed by atoms with E-state index in [4.69, 9.17) is 4.52 Å². The monoisotopic (exact) mass is 320 g/mol. The Morgan fingerprint density at radius 2 is 2.17 bits per heavy atom. The molecule has 2 aromatic rings. The standard InChI is InChI=1S/C15H21FN6O/c1-11-19-15(23-20-11)10-21(2)8-13-6-12(16)7-22(13)9-14-17-4-3-5-18-14/h3-5,12-13H,6-10H2,1-2H3/t12-,13-/m0/s1. The molecule has 3 heterocycles. The largest absolute Gasteiger partial charge is 0.338 e. The number of aryl methyl sites for hydroxylation is 1. The van der Waals surface area contributed by atoms with E-state index in [0.717, 1.165) is 12.4 Å². The number of likely N-dealkylation sites (N-methyl/N-ethyl adjacent to an activating group) is 1. The summed E-state index contributed by atoms with van der Waals surface area (Å²) < 4.78 is 19.0. The zero-order valence-corrected chi connectivity index (χ0v) is 13.4. The maximum Gasteiger partial charge on any atom is 0.240 e. The molecule has 0 bridgehead atoms. The minimum absolute atomic E-state index is 0.128. The second-order valence-corrected chi connectivity index (χ2v) is 6.01. The first-order chi connectivity index (χ1) is 11.1. The molecule has 1 fully saturated rings. The van der Waals surface area contributed by atoms with Crippen LogP contribution in [0.3, 0.4) is 0 Å². The molecule has 124 valence electrons. The van der Waals surface area contributed by atoms with Gasteiger partial charge in [-0.3, -0.25) is 9.80 Å². The number of alkyl halides is 1.